The zero-order chi connectivity index (χ0) is 58.5. The molecule has 0 heterocycles. The van der Waals surface area contributed by atoms with E-state index >= 15 is 0 Å². The van der Waals surface area contributed by atoms with Crippen LogP contribution in [-0.2, 0) is 28.6 Å². The zero-order valence-electron chi connectivity index (χ0n) is 53.0. The second-order valence-electron chi connectivity index (χ2n) is 22.3. The fourth-order valence-electron chi connectivity index (χ4n) is 9.33. The minimum atomic E-state index is -0.794. The van der Waals surface area contributed by atoms with Gasteiger partial charge >= 0.3 is 17.9 Å². The second-order valence-corrected chi connectivity index (χ2v) is 22.3. The summed E-state index contributed by atoms with van der Waals surface area (Å²) in [7, 11) is 0. The molecule has 0 aromatic rings. The Kier molecular flexibility index (Phi) is 64.8. The molecule has 0 aromatic heterocycles. The van der Waals surface area contributed by atoms with Gasteiger partial charge in [0.15, 0.2) is 6.10 Å². The largest absolute Gasteiger partial charge is 0.462 e. The SMILES string of the molecule is CC/C=C\C/C=C\C/C=C\C/C=C\C/C=C\C/C=C\CCCCCCCCCCCCC(=O)OCC(COC(=O)CCCCCCC/C=C\C/C=C\CCCCCC)OC(=O)CCCCCCCCC/C=C\C/C=C\CCCCCC. The van der Waals surface area contributed by atoms with Crippen LogP contribution >= 0.6 is 0 Å². The number of carbonyl (C=O) groups is 3. The van der Waals surface area contributed by atoms with Crippen LogP contribution in [0.3, 0.4) is 0 Å². The van der Waals surface area contributed by atoms with Crippen LogP contribution < -0.4 is 0 Å². The van der Waals surface area contributed by atoms with Gasteiger partial charge in [0.1, 0.15) is 13.2 Å². The lowest BCUT2D eigenvalue weighted by molar-refractivity contribution is -0.167. The molecule has 1 atom stereocenters. The predicted octanol–water partition coefficient (Wildman–Crippen LogP) is 23.6. The first kappa shape index (κ1) is 76.8. The van der Waals surface area contributed by atoms with E-state index in [0.717, 1.165) is 135 Å². The number of hydrogen-bond acceptors (Lipinski definition) is 6. The maximum Gasteiger partial charge on any atom is 0.306 e. The van der Waals surface area contributed by atoms with Gasteiger partial charge in [0.2, 0.25) is 0 Å². The van der Waals surface area contributed by atoms with Gasteiger partial charge < -0.3 is 14.2 Å². The number of hydrogen-bond donors (Lipinski definition) is 0. The van der Waals surface area contributed by atoms with Crippen molar-refractivity contribution in [2.75, 3.05) is 13.2 Å². The van der Waals surface area contributed by atoms with E-state index in [4.69, 9.17) is 14.2 Å². The Hall–Kier alpha value is -4.19. The lowest BCUT2D eigenvalue weighted by atomic mass is 10.1. The van der Waals surface area contributed by atoms with Crippen LogP contribution in [0, 0.1) is 0 Å². The van der Waals surface area contributed by atoms with Gasteiger partial charge in [0.25, 0.3) is 0 Å². The maximum atomic E-state index is 12.9. The summed E-state index contributed by atoms with van der Waals surface area (Å²) >= 11 is 0. The summed E-state index contributed by atoms with van der Waals surface area (Å²) in [5, 5.41) is 0. The Morgan fingerprint density at radius 1 is 0.259 bits per heavy atom. The Balaban J connectivity index is 4.36. The average molecular weight is 1120 g/mol. The van der Waals surface area contributed by atoms with Crippen LogP contribution in [0.5, 0.6) is 0 Å². The smallest absolute Gasteiger partial charge is 0.306 e. The molecule has 0 saturated carbocycles. The summed E-state index contributed by atoms with van der Waals surface area (Å²) in [6.45, 7) is 6.49. The van der Waals surface area contributed by atoms with E-state index in [9.17, 15) is 14.4 Å². The van der Waals surface area contributed by atoms with Crippen LogP contribution in [0.25, 0.3) is 0 Å². The molecule has 462 valence electrons. The zero-order valence-corrected chi connectivity index (χ0v) is 53.0. The molecule has 6 heteroatoms. The first-order valence-corrected chi connectivity index (χ1v) is 34.0. The minimum absolute atomic E-state index is 0.0892. The maximum absolute atomic E-state index is 12.9. The third-order valence-electron chi connectivity index (χ3n) is 14.4. The second kappa shape index (κ2) is 68.3. The van der Waals surface area contributed by atoms with Gasteiger partial charge in [-0.05, 0) is 135 Å². The van der Waals surface area contributed by atoms with Gasteiger partial charge in [-0.15, -0.1) is 0 Å². The Morgan fingerprint density at radius 2 is 0.481 bits per heavy atom. The molecule has 0 rings (SSSR count). The molecular weight excluding hydrogens is 997 g/mol. The molecular formula is C75H126O6. The summed E-state index contributed by atoms with van der Waals surface area (Å²) in [5.41, 5.74) is 0. The number of ether oxygens (including phenoxy) is 3. The number of rotatable bonds is 61. The monoisotopic (exact) mass is 1120 g/mol. The van der Waals surface area contributed by atoms with Gasteiger partial charge in [-0.25, -0.2) is 0 Å². The molecule has 0 aliphatic heterocycles. The molecule has 0 spiro atoms. The van der Waals surface area contributed by atoms with E-state index in [1.165, 1.54) is 141 Å². The Labute approximate surface area is 501 Å². The highest BCUT2D eigenvalue weighted by Gasteiger charge is 2.19. The Morgan fingerprint density at radius 3 is 0.753 bits per heavy atom. The standard InChI is InChI=1S/C75H126O6/c1-4-7-10-13-16-19-22-25-28-31-33-34-35-36-37-38-39-40-41-42-43-45-47-50-53-56-59-62-65-68-74(77)80-71-72(70-79-73(76)67-64-61-58-55-52-49-46-30-27-24-21-18-15-12-9-6-3)81-75(78)69-66-63-60-57-54-51-48-44-32-29-26-23-20-17-14-11-8-5-2/h7,10,16,19-21,23-25,28-30,32-34,36-37,39-40,46,72H,4-6,8-9,11-15,17-18,22,26-27,31,35,38,41-45,47-71H2,1-3H3/b10-7-,19-16-,23-20-,24-21-,28-25-,32-29-,34-33-,37-36-,40-39-,46-30-. The topological polar surface area (TPSA) is 78.9 Å². The van der Waals surface area contributed by atoms with Crippen molar-refractivity contribution in [3.05, 3.63) is 122 Å². The molecule has 0 aromatic carbocycles. The highest BCUT2D eigenvalue weighted by Crippen LogP contribution is 2.16. The number of unbranched alkanes of at least 4 members (excludes halogenated alkanes) is 30. The summed E-state index contributed by atoms with van der Waals surface area (Å²) in [4.78, 5) is 38.4. The van der Waals surface area contributed by atoms with Gasteiger partial charge in [-0.1, -0.05) is 284 Å². The molecule has 0 bridgehead atoms. The molecule has 0 saturated heterocycles. The fraction of sp³-hybridized carbons (Fsp3) is 0.693. The van der Waals surface area contributed by atoms with Crippen molar-refractivity contribution in [1.82, 2.24) is 0 Å². The van der Waals surface area contributed by atoms with Crippen LogP contribution in [0.2, 0.25) is 0 Å². The summed E-state index contributed by atoms with van der Waals surface area (Å²) in [6, 6.07) is 0. The van der Waals surface area contributed by atoms with Crippen LogP contribution in [-0.4, -0.2) is 37.2 Å². The van der Waals surface area contributed by atoms with Crippen molar-refractivity contribution in [3.63, 3.8) is 0 Å². The van der Waals surface area contributed by atoms with E-state index in [-0.39, 0.29) is 31.1 Å². The van der Waals surface area contributed by atoms with Gasteiger partial charge in [-0.2, -0.15) is 0 Å². The number of esters is 3. The predicted molar refractivity (Wildman–Crippen MR) is 353 cm³/mol. The quantitative estimate of drug-likeness (QED) is 0.0261. The summed E-state index contributed by atoms with van der Waals surface area (Å²) in [6.07, 6.45) is 94.9. The van der Waals surface area contributed by atoms with Crippen molar-refractivity contribution in [3.8, 4) is 0 Å². The first-order chi connectivity index (χ1) is 40.0. The van der Waals surface area contributed by atoms with E-state index < -0.39 is 6.10 Å². The molecule has 6 nitrogen and oxygen atoms in total. The highest BCUT2D eigenvalue weighted by atomic mass is 16.6. The van der Waals surface area contributed by atoms with E-state index in [1.807, 2.05) is 0 Å². The van der Waals surface area contributed by atoms with E-state index in [0.29, 0.717) is 19.3 Å². The lowest BCUT2D eigenvalue weighted by Crippen LogP contribution is -2.30. The van der Waals surface area contributed by atoms with Gasteiger partial charge in [0, 0.05) is 19.3 Å². The van der Waals surface area contributed by atoms with E-state index in [2.05, 4.69) is 142 Å². The molecule has 0 aliphatic carbocycles. The van der Waals surface area contributed by atoms with Crippen molar-refractivity contribution in [1.29, 1.82) is 0 Å². The fourth-order valence-corrected chi connectivity index (χ4v) is 9.33. The number of allylic oxidation sites excluding steroid dienone is 20. The average Bonchev–Trinajstić information content (AvgIpc) is 3.47. The Bertz CT molecular complexity index is 1670. The molecule has 0 aliphatic rings. The molecule has 0 amide bonds. The first-order valence-electron chi connectivity index (χ1n) is 34.0. The lowest BCUT2D eigenvalue weighted by Gasteiger charge is -2.18. The minimum Gasteiger partial charge on any atom is -0.462 e. The molecule has 1 unspecified atom stereocenters. The third-order valence-corrected chi connectivity index (χ3v) is 14.4. The molecule has 0 N–H and O–H groups in total. The van der Waals surface area contributed by atoms with Crippen molar-refractivity contribution in [2.24, 2.45) is 0 Å². The molecule has 0 radical (unpaired) electrons. The molecule has 0 fully saturated rings. The van der Waals surface area contributed by atoms with Crippen molar-refractivity contribution >= 4 is 17.9 Å². The summed E-state index contributed by atoms with van der Waals surface area (Å²) < 4.78 is 16.9. The molecule has 81 heavy (non-hydrogen) atoms. The summed E-state index contributed by atoms with van der Waals surface area (Å²) in [5.74, 6) is -0.906. The van der Waals surface area contributed by atoms with Crippen LogP contribution in [0.1, 0.15) is 316 Å². The van der Waals surface area contributed by atoms with E-state index in [1.54, 1.807) is 0 Å². The normalized spacial score (nSPS) is 12.9. The third kappa shape index (κ3) is 66.5. The van der Waals surface area contributed by atoms with Crippen LogP contribution in [0.15, 0.2) is 122 Å². The van der Waals surface area contributed by atoms with Crippen molar-refractivity contribution < 1.29 is 28.6 Å². The highest BCUT2D eigenvalue weighted by molar-refractivity contribution is 5.71. The number of carbonyl (C=O) groups excluding carboxylic acids is 3. The van der Waals surface area contributed by atoms with Gasteiger partial charge in [0.05, 0.1) is 0 Å². The van der Waals surface area contributed by atoms with Crippen molar-refractivity contribution in [2.45, 2.75) is 322 Å². The van der Waals surface area contributed by atoms with Crippen LogP contribution in [0.4, 0.5) is 0 Å². The van der Waals surface area contributed by atoms with Gasteiger partial charge in [-0.3, -0.25) is 14.4 Å².